The highest BCUT2D eigenvalue weighted by Crippen LogP contribution is 2.33. The molecule has 0 saturated heterocycles. The molecule has 34 heavy (non-hydrogen) atoms. The van der Waals surface area contributed by atoms with E-state index in [2.05, 4.69) is 5.32 Å². The molecule has 1 aliphatic heterocycles. The van der Waals surface area contributed by atoms with Gasteiger partial charge < -0.3 is 25.4 Å². The number of anilines is 1. The molecular formula is C27H35N3O4. The van der Waals surface area contributed by atoms with E-state index < -0.39 is 0 Å². The lowest BCUT2D eigenvalue weighted by molar-refractivity contribution is -0.120. The van der Waals surface area contributed by atoms with E-state index in [-0.39, 0.29) is 29.9 Å². The minimum absolute atomic E-state index is 0.0897. The minimum Gasteiger partial charge on any atom is -0.454 e. The standard InChI is InChI=1S/C27H35N3O4/c1-27(2,16-28)17-30(26(32)21-11-12-23-24(14-21)34-18-33-23)15-19-7-6-10-22(13-19)29-25(31)20-8-4-3-5-9-20/h6-7,10-14,20H,3-5,8-9,15-18,28H2,1-2H3,(H,29,31). The van der Waals surface area contributed by atoms with Crippen LogP contribution in [0.1, 0.15) is 61.9 Å². The van der Waals surface area contributed by atoms with Crippen LogP contribution in [0.3, 0.4) is 0 Å². The predicted molar refractivity (Wildman–Crippen MR) is 132 cm³/mol. The fourth-order valence-corrected chi connectivity index (χ4v) is 4.57. The van der Waals surface area contributed by atoms with Gasteiger partial charge in [0.2, 0.25) is 12.7 Å². The largest absolute Gasteiger partial charge is 0.454 e. The summed E-state index contributed by atoms with van der Waals surface area (Å²) in [6.45, 7) is 5.62. The molecule has 4 rings (SSSR count). The van der Waals surface area contributed by atoms with Crippen LogP contribution in [0, 0.1) is 11.3 Å². The van der Waals surface area contributed by atoms with Crippen LogP contribution >= 0.6 is 0 Å². The monoisotopic (exact) mass is 465 g/mol. The smallest absolute Gasteiger partial charge is 0.254 e. The Labute approximate surface area is 201 Å². The second kappa shape index (κ2) is 10.5. The third-order valence-corrected chi connectivity index (χ3v) is 6.62. The lowest BCUT2D eigenvalue weighted by Gasteiger charge is -2.32. The van der Waals surface area contributed by atoms with Gasteiger partial charge in [-0.25, -0.2) is 0 Å². The molecule has 2 aromatic rings. The van der Waals surface area contributed by atoms with Crippen molar-refractivity contribution in [3.8, 4) is 11.5 Å². The summed E-state index contributed by atoms with van der Waals surface area (Å²) in [6.07, 6.45) is 5.36. The van der Waals surface area contributed by atoms with Crippen LogP contribution < -0.4 is 20.5 Å². The average molecular weight is 466 g/mol. The normalized spacial score (nSPS) is 15.7. The van der Waals surface area contributed by atoms with Crippen molar-refractivity contribution >= 4 is 17.5 Å². The molecule has 0 atom stereocenters. The highest BCUT2D eigenvalue weighted by atomic mass is 16.7. The van der Waals surface area contributed by atoms with Crippen LogP contribution in [-0.2, 0) is 11.3 Å². The molecule has 0 unspecified atom stereocenters. The van der Waals surface area contributed by atoms with Gasteiger partial charge in [0.25, 0.3) is 5.91 Å². The molecule has 1 heterocycles. The molecule has 1 saturated carbocycles. The number of ether oxygens (including phenoxy) is 2. The highest BCUT2D eigenvalue weighted by molar-refractivity contribution is 5.95. The van der Waals surface area contributed by atoms with E-state index in [1.54, 1.807) is 18.2 Å². The van der Waals surface area contributed by atoms with Crippen LogP contribution in [0.15, 0.2) is 42.5 Å². The summed E-state index contributed by atoms with van der Waals surface area (Å²) >= 11 is 0. The maximum atomic E-state index is 13.5. The van der Waals surface area contributed by atoms with Crippen molar-refractivity contribution in [2.75, 3.05) is 25.2 Å². The summed E-state index contributed by atoms with van der Waals surface area (Å²) in [5, 5.41) is 3.08. The number of fused-ring (bicyclic) bond motifs is 1. The Morgan fingerprint density at radius 3 is 2.59 bits per heavy atom. The first-order valence-electron chi connectivity index (χ1n) is 12.1. The summed E-state index contributed by atoms with van der Waals surface area (Å²) < 4.78 is 10.8. The van der Waals surface area contributed by atoms with Crippen LogP contribution in [0.2, 0.25) is 0 Å². The van der Waals surface area contributed by atoms with Crippen molar-refractivity contribution < 1.29 is 19.1 Å². The number of rotatable bonds is 8. The topological polar surface area (TPSA) is 93.9 Å². The molecular weight excluding hydrogens is 430 g/mol. The van der Waals surface area contributed by atoms with Gasteiger partial charge in [-0.05, 0) is 60.7 Å². The number of nitrogens with zero attached hydrogens (tertiary/aromatic N) is 1. The number of hydrogen-bond acceptors (Lipinski definition) is 5. The van der Waals surface area contributed by atoms with Crippen molar-refractivity contribution in [2.45, 2.75) is 52.5 Å². The molecule has 7 heteroatoms. The van der Waals surface area contributed by atoms with Crippen LogP contribution in [-0.4, -0.2) is 36.6 Å². The van der Waals surface area contributed by atoms with E-state index in [1.165, 1.54) is 6.42 Å². The Kier molecular flexibility index (Phi) is 7.41. The number of carbonyl (C=O) groups excluding carboxylic acids is 2. The van der Waals surface area contributed by atoms with E-state index in [0.29, 0.717) is 36.7 Å². The van der Waals surface area contributed by atoms with Gasteiger partial charge >= 0.3 is 0 Å². The van der Waals surface area contributed by atoms with Gasteiger partial charge in [0.1, 0.15) is 0 Å². The molecule has 0 spiro atoms. The van der Waals surface area contributed by atoms with Crippen molar-refractivity contribution in [1.29, 1.82) is 0 Å². The quantitative estimate of drug-likeness (QED) is 0.596. The number of benzene rings is 2. The van der Waals surface area contributed by atoms with Crippen molar-refractivity contribution in [2.24, 2.45) is 17.1 Å². The number of hydrogen-bond donors (Lipinski definition) is 2. The third-order valence-electron chi connectivity index (χ3n) is 6.62. The van der Waals surface area contributed by atoms with Gasteiger partial charge in [0.05, 0.1) is 0 Å². The van der Waals surface area contributed by atoms with Gasteiger partial charge in [0, 0.05) is 30.3 Å². The lowest BCUT2D eigenvalue weighted by atomic mass is 9.88. The molecule has 2 aromatic carbocycles. The second-order valence-electron chi connectivity index (χ2n) is 10.1. The van der Waals surface area contributed by atoms with Gasteiger partial charge in [-0.3, -0.25) is 9.59 Å². The van der Waals surface area contributed by atoms with Crippen LogP contribution in [0.25, 0.3) is 0 Å². The highest BCUT2D eigenvalue weighted by Gasteiger charge is 2.27. The zero-order chi connectivity index (χ0) is 24.1. The maximum Gasteiger partial charge on any atom is 0.254 e. The Morgan fingerprint density at radius 2 is 1.82 bits per heavy atom. The average Bonchev–Trinajstić information content (AvgIpc) is 3.32. The molecule has 2 amide bonds. The molecule has 2 aliphatic rings. The van der Waals surface area contributed by atoms with Gasteiger partial charge in [-0.1, -0.05) is 45.2 Å². The first kappa shape index (κ1) is 24.1. The van der Waals surface area contributed by atoms with E-state index >= 15 is 0 Å². The van der Waals surface area contributed by atoms with Gasteiger partial charge in [0.15, 0.2) is 11.5 Å². The number of amides is 2. The second-order valence-corrected chi connectivity index (χ2v) is 10.1. The van der Waals surface area contributed by atoms with E-state index in [1.807, 2.05) is 43.0 Å². The minimum atomic E-state index is -0.251. The molecule has 1 fully saturated rings. The fraction of sp³-hybridized carbons (Fsp3) is 0.481. The fourth-order valence-electron chi connectivity index (χ4n) is 4.57. The van der Waals surface area contributed by atoms with Crippen molar-refractivity contribution in [3.05, 3.63) is 53.6 Å². The molecule has 3 N–H and O–H groups in total. The number of nitrogens with one attached hydrogen (secondary N) is 1. The zero-order valence-electron chi connectivity index (χ0n) is 20.1. The zero-order valence-corrected chi connectivity index (χ0v) is 20.1. The molecule has 0 radical (unpaired) electrons. The Balaban J connectivity index is 1.51. The summed E-state index contributed by atoms with van der Waals surface area (Å²) in [5.74, 6) is 1.31. The maximum absolute atomic E-state index is 13.5. The van der Waals surface area contributed by atoms with Crippen LogP contribution in [0.5, 0.6) is 11.5 Å². The molecule has 0 aromatic heterocycles. The van der Waals surface area contributed by atoms with Crippen LogP contribution in [0.4, 0.5) is 5.69 Å². The first-order valence-corrected chi connectivity index (χ1v) is 12.1. The third kappa shape index (κ3) is 5.89. The van der Waals surface area contributed by atoms with Crippen molar-refractivity contribution in [3.63, 3.8) is 0 Å². The SMILES string of the molecule is CC(C)(CN)CN(Cc1cccc(NC(=O)C2CCCCC2)c1)C(=O)c1ccc2c(c1)OCO2. The van der Waals surface area contributed by atoms with Gasteiger partial charge in [-0.15, -0.1) is 0 Å². The van der Waals surface area contributed by atoms with E-state index in [9.17, 15) is 9.59 Å². The van der Waals surface area contributed by atoms with Crippen molar-refractivity contribution in [1.82, 2.24) is 4.90 Å². The summed E-state index contributed by atoms with van der Waals surface area (Å²) in [4.78, 5) is 28.0. The summed E-state index contributed by atoms with van der Waals surface area (Å²) in [6, 6.07) is 13.0. The Bertz CT molecular complexity index is 1030. The lowest BCUT2D eigenvalue weighted by Crippen LogP contribution is -2.41. The van der Waals surface area contributed by atoms with E-state index in [4.69, 9.17) is 15.2 Å². The van der Waals surface area contributed by atoms with E-state index in [0.717, 1.165) is 36.9 Å². The first-order chi connectivity index (χ1) is 16.3. The molecule has 1 aliphatic carbocycles. The summed E-state index contributed by atoms with van der Waals surface area (Å²) in [7, 11) is 0. The molecule has 182 valence electrons. The van der Waals surface area contributed by atoms with Gasteiger partial charge in [-0.2, -0.15) is 0 Å². The molecule has 0 bridgehead atoms. The number of nitrogens with two attached hydrogens (primary N) is 1. The molecule has 7 nitrogen and oxygen atoms in total. The Morgan fingerprint density at radius 1 is 1.06 bits per heavy atom. The summed E-state index contributed by atoms with van der Waals surface area (Å²) in [5.41, 5.74) is 7.99. The number of carbonyl (C=O) groups is 2. The Hall–Kier alpha value is -3.06. The predicted octanol–water partition coefficient (Wildman–Crippen LogP) is 4.56.